The van der Waals surface area contributed by atoms with Crippen molar-refractivity contribution in [2.45, 2.75) is 0 Å². The van der Waals surface area contributed by atoms with E-state index in [9.17, 15) is 26.7 Å². The van der Waals surface area contributed by atoms with Gasteiger partial charge in [-0.25, -0.2) is 26.9 Å². The summed E-state index contributed by atoms with van der Waals surface area (Å²) in [6.07, 6.45) is 0.976. The molecule has 9 heteroatoms. The molecule has 0 atom stereocenters. The molecule has 110 valence electrons. The SMILES string of the molecule is O=C(Nc1c(F)c(F)c(F)c(F)c1F)c1ccc(Cl)nc1. The maximum absolute atomic E-state index is 13.4. The van der Waals surface area contributed by atoms with E-state index in [2.05, 4.69) is 4.98 Å². The molecule has 0 unspecified atom stereocenters. The number of carbonyl (C=O) groups excluding carboxylic acids is 1. The lowest BCUT2D eigenvalue weighted by molar-refractivity contribution is 0.102. The zero-order valence-electron chi connectivity index (χ0n) is 9.86. The minimum absolute atomic E-state index is 0.0581. The van der Waals surface area contributed by atoms with Crippen molar-refractivity contribution in [3.8, 4) is 0 Å². The second kappa shape index (κ2) is 5.65. The fourth-order valence-electron chi connectivity index (χ4n) is 1.41. The first-order chi connectivity index (χ1) is 9.82. The van der Waals surface area contributed by atoms with Crippen molar-refractivity contribution < 1.29 is 26.7 Å². The number of anilines is 1. The molecule has 2 aromatic rings. The van der Waals surface area contributed by atoms with Gasteiger partial charge in [-0.1, -0.05) is 11.6 Å². The predicted molar refractivity (Wildman–Crippen MR) is 63.4 cm³/mol. The Bertz CT molecular complexity index is 692. The molecule has 0 saturated carbocycles. The number of benzene rings is 1. The third-order valence-corrected chi connectivity index (χ3v) is 2.66. The number of amides is 1. The van der Waals surface area contributed by atoms with Crippen LogP contribution in [0.5, 0.6) is 0 Å². The van der Waals surface area contributed by atoms with E-state index in [1.54, 1.807) is 5.32 Å². The molecule has 21 heavy (non-hydrogen) atoms. The van der Waals surface area contributed by atoms with Gasteiger partial charge in [0.05, 0.1) is 5.56 Å². The highest BCUT2D eigenvalue weighted by molar-refractivity contribution is 6.29. The number of rotatable bonds is 2. The molecule has 1 aromatic carbocycles. The molecule has 0 aliphatic heterocycles. The van der Waals surface area contributed by atoms with Gasteiger partial charge in [0.2, 0.25) is 5.82 Å². The third kappa shape index (κ3) is 2.80. The molecular weight excluding hydrogens is 319 g/mol. The number of carbonyl (C=O) groups is 1. The molecule has 0 aliphatic carbocycles. The average molecular weight is 323 g/mol. The first-order valence-electron chi connectivity index (χ1n) is 5.27. The topological polar surface area (TPSA) is 42.0 Å². The maximum atomic E-state index is 13.4. The van der Waals surface area contributed by atoms with Crippen LogP contribution in [0.1, 0.15) is 10.4 Å². The number of hydrogen-bond acceptors (Lipinski definition) is 2. The van der Waals surface area contributed by atoms with Gasteiger partial charge in [-0.15, -0.1) is 0 Å². The average Bonchev–Trinajstić information content (AvgIpc) is 2.48. The fourth-order valence-corrected chi connectivity index (χ4v) is 1.52. The Morgan fingerprint density at radius 1 is 0.952 bits per heavy atom. The first-order valence-corrected chi connectivity index (χ1v) is 5.65. The maximum Gasteiger partial charge on any atom is 0.257 e. The van der Waals surface area contributed by atoms with Gasteiger partial charge in [-0.05, 0) is 12.1 Å². The second-order valence-electron chi connectivity index (χ2n) is 3.77. The van der Waals surface area contributed by atoms with Gasteiger partial charge in [0.15, 0.2) is 23.3 Å². The van der Waals surface area contributed by atoms with Gasteiger partial charge in [0.1, 0.15) is 10.8 Å². The van der Waals surface area contributed by atoms with Crippen LogP contribution in [0.4, 0.5) is 27.6 Å². The Balaban J connectivity index is 2.40. The fraction of sp³-hybridized carbons (Fsp3) is 0. The van der Waals surface area contributed by atoms with Crippen LogP contribution in [-0.2, 0) is 0 Å². The normalized spacial score (nSPS) is 10.6. The van der Waals surface area contributed by atoms with Crippen LogP contribution < -0.4 is 5.32 Å². The summed E-state index contributed by atoms with van der Waals surface area (Å²) in [6, 6.07) is 2.38. The van der Waals surface area contributed by atoms with Gasteiger partial charge in [-0.3, -0.25) is 4.79 Å². The number of nitrogens with zero attached hydrogens (tertiary/aromatic N) is 1. The summed E-state index contributed by atoms with van der Waals surface area (Å²) >= 11 is 5.48. The zero-order valence-corrected chi connectivity index (χ0v) is 10.6. The van der Waals surface area contributed by atoms with Gasteiger partial charge in [0.25, 0.3) is 5.91 Å². The van der Waals surface area contributed by atoms with Crippen molar-refractivity contribution in [1.82, 2.24) is 4.98 Å². The smallest absolute Gasteiger partial charge is 0.257 e. The molecule has 2 rings (SSSR count). The number of hydrogen-bond donors (Lipinski definition) is 1. The molecule has 1 amide bonds. The van der Waals surface area contributed by atoms with Gasteiger partial charge >= 0.3 is 0 Å². The van der Waals surface area contributed by atoms with E-state index < -0.39 is 40.7 Å². The Labute approximate surface area is 119 Å². The van der Waals surface area contributed by atoms with Crippen molar-refractivity contribution in [3.05, 3.63) is 58.1 Å². The quantitative estimate of drug-likeness (QED) is 0.396. The van der Waals surface area contributed by atoms with Crippen LogP contribution >= 0.6 is 11.6 Å². The monoisotopic (exact) mass is 322 g/mol. The van der Waals surface area contributed by atoms with E-state index >= 15 is 0 Å². The molecular formula is C12H4ClF5N2O. The van der Waals surface area contributed by atoms with E-state index in [0.29, 0.717) is 0 Å². The molecule has 0 radical (unpaired) electrons. The van der Waals surface area contributed by atoms with Crippen molar-refractivity contribution in [3.63, 3.8) is 0 Å². The van der Waals surface area contributed by atoms with Crippen LogP contribution in [0.2, 0.25) is 5.15 Å². The highest BCUT2D eigenvalue weighted by atomic mass is 35.5. The minimum atomic E-state index is -2.31. The summed E-state index contributed by atoms with van der Waals surface area (Å²) in [5.74, 6) is -12.0. The Kier molecular flexibility index (Phi) is 4.08. The molecule has 3 nitrogen and oxygen atoms in total. The molecule has 1 N–H and O–H groups in total. The van der Waals surface area contributed by atoms with Gasteiger partial charge in [0, 0.05) is 6.20 Å². The Morgan fingerprint density at radius 2 is 1.48 bits per heavy atom. The predicted octanol–water partition coefficient (Wildman–Crippen LogP) is 3.68. The molecule has 1 aromatic heterocycles. The molecule has 0 fully saturated rings. The Hall–Kier alpha value is -2.22. The second-order valence-corrected chi connectivity index (χ2v) is 4.16. The first kappa shape index (κ1) is 15.2. The van der Waals surface area contributed by atoms with Crippen molar-refractivity contribution >= 4 is 23.2 Å². The molecule has 0 saturated heterocycles. The van der Waals surface area contributed by atoms with E-state index in [4.69, 9.17) is 11.6 Å². The summed E-state index contributed by atoms with van der Waals surface area (Å²) in [5, 5.41) is 1.66. The zero-order chi connectivity index (χ0) is 15.7. The molecule has 0 aliphatic rings. The molecule has 1 heterocycles. The van der Waals surface area contributed by atoms with Crippen molar-refractivity contribution in [2.24, 2.45) is 0 Å². The third-order valence-electron chi connectivity index (χ3n) is 2.44. The van der Waals surface area contributed by atoms with Crippen molar-refractivity contribution in [1.29, 1.82) is 0 Å². The van der Waals surface area contributed by atoms with Crippen LogP contribution in [0.15, 0.2) is 18.3 Å². The van der Waals surface area contributed by atoms with Crippen LogP contribution in [0.25, 0.3) is 0 Å². The lowest BCUT2D eigenvalue weighted by Crippen LogP contribution is -2.17. The number of pyridine rings is 1. The van der Waals surface area contributed by atoms with E-state index in [1.165, 1.54) is 6.07 Å². The number of aromatic nitrogens is 1. The van der Waals surface area contributed by atoms with Crippen LogP contribution in [-0.4, -0.2) is 10.9 Å². The summed E-state index contributed by atoms with van der Waals surface area (Å²) in [6.45, 7) is 0. The number of halogens is 6. The Morgan fingerprint density at radius 3 is 1.95 bits per heavy atom. The van der Waals surface area contributed by atoms with Gasteiger partial charge in [-0.2, -0.15) is 0 Å². The summed E-state index contributed by atoms with van der Waals surface area (Å²) in [7, 11) is 0. The molecule has 0 spiro atoms. The lowest BCUT2D eigenvalue weighted by atomic mass is 10.2. The number of nitrogens with one attached hydrogen (secondary N) is 1. The standard InChI is InChI=1S/C12H4ClF5N2O/c13-5-2-1-4(3-19-5)12(21)20-11-9(17)7(15)6(14)8(16)10(11)18/h1-3H,(H,20,21). The van der Waals surface area contributed by atoms with E-state index in [-0.39, 0.29) is 10.7 Å². The van der Waals surface area contributed by atoms with Gasteiger partial charge < -0.3 is 5.32 Å². The van der Waals surface area contributed by atoms with E-state index in [1.807, 2.05) is 0 Å². The molecule has 0 bridgehead atoms. The van der Waals surface area contributed by atoms with E-state index in [0.717, 1.165) is 12.3 Å². The summed E-state index contributed by atoms with van der Waals surface area (Å²) in [5.41, 5.74) is -1.62. The largest absolute Gasteiger partial charge is 0.317 e. The van der Waals surface area contributed by atoms with Crippen molar-refractivity contribution in [2.75, 3.05) is 5.32 Å². The van der Waals surface area contributed by atoms with Crippen LogP contribution in [0, 0.1) is 29.1 Å². The highest BCUT2D eigenvalue weighted by Crippen LogP contribution is 2.27. The summed E-state index contributed by atoms with van der Waals surface area (Å²) in [4.78, 5) is 15.2. The highest BCUT2D eigenvalue weighted by Gasteiger charge is 2.27. The minimum Gasteiger partial charge on any atom is -0.317 e. The van der Waals surface area contributed by atoms with Crippen LogP contribution in [0.3, 0.4) is 0 Å². The summed E-state index contributed by atoms with van der Waals surface area (Å²) < 4.78 is 65.5. The lowest BCUT2D eigenvalue weighted by Gasteiger charge is -2.09.